The standard InChI is InChI=1S/C13H18N2O3/c1-2-3-7-11(13(17)18)15-10-6-4-5-9(8-10)12(14)16/h4-6,8,11,15H,2-3,7H2,1H3,(H2,14,16)(H,17,18). The summed E-state index contributed by atoms with van der Waals surface area (Å²) in [6.07, 6.45) is 2.32. The number of anilines is 1. The summed E-state index contributed by atoms with van der Waals surface area (Å²) in [7, 11) is 0. The first-order chi connectivity index (χ1) is 8.54. The molecule has 4 N–H and O–H groups in total. The van der Waals surface area contributed by atoms with Gasteiger partial charge in [0, 0.05) is 11.3 Å². The molecule has 98 valence electrons. The van der Waals surface area contributed by atoms with Gasteiger partial charge in [0.2, 0.25) is 5.91 Å². The van der Waals surface area contributed by atoms with E-state index in [4.69, 9.17) is 10.8 Å². The van der Waals surface area contributed by atoms with Crippen LogP contribution in [0, 0.1) is 0 Å². The van der Waals surface area contributed by atoms with Crippen LogP contribution in [-0.2, 0) is 4.79 Å². The van der Waals surface area contributed by atoms with Gasteiger partial charge in [-0.3, -0.25) is 4.79 Å². The fourth-order valence-corrected chi connectivity index (χ4v) is 1.63. The van der Waals surface area contributed by atoms with Crippen molar-refractivity contribution < 1.29 is 14.7 Å². The van der Waals surface area contributed by atoms with Crippen LogP contribution in [0.3, 0.4) is 0 Å². The second kappa shape index (κ2) is 6.64. The van der Waals surface area contributed by atoms with Gasteiger partial charge in [-0.25, -0.2) is 4.79 Å². The minimum Gasteiger partial charge on any atom is -0.480 e. The Morgan fingerprint density at radius 3 is 2.72 bits per heavy atom. The molecule has 0 fully saturated rings. The van der Waals surface area contributed by atoms with E-state index >= 15 is 0 Å². The predicted molar refractivity (Wildman–Crippen MR) is 69.5 cm³/mol. The van der Waals surface area contributed by atoms with Crippen molar-refractivity contribution >= 4 is 17.6 Å². The lowest BCUT2D eigenvalue weighted by atomic mass is 10.1. The van der Waals surface area contributed by atoms with E-state index in [1.165, 1.54) is 0 Å². The molecular formula is C13H18N2O3. The van der Waals surface area contributed by atoms with Crippen LogP contribution in [0.25, 0.3) is 0 Å². The van der Waals surface area contributed by atoms with E-state index in [9.17, 15) is 9.59 Å². The lowest BCUT2D eigenvalue weighted by Crippen LogP contribution is -2.29. The summed E-state index contributed by atoms with van der Waals surface area (Å²) in [5.41, 5.74) is 6.12. The zero-order valence-electron chi connectivity index (χ0n) is 10.3. The van der Waals surface area contributed by atoms with Gasteiger partial charge in [-0.1, -0.05) is 25.8 Å². The average molecular weight is 250 g/mol. The number of rotatable bonds is 7. The van der Waals surface area contributed by atoms with Gasteiger partial charge in [-0.05, 0) is 24.6 Å². The zero-order chi connectivity index (χ0) is 13.5. The number of unbranched alkanes of at least 4 members (excludes halogenated alkanes) is 1. The summed E-state index contributed by atoms with van der Waals surface area (Å²) in [5, 5.41) is 12.0. The Hall–Kier alpha value is -2.04. The molecule has 0 spiro atoms. The van der Waals surface area contributed by atoms with Crippen molar-refractivity contribution in [3.8, 4) is 0 Å². The van der Waals surface area contributed by atoms with E-state index in [2.05, 4.69) is 5.32 Å². The molecule has 0 heterocycles. The first kappa shape index (κ1) is 14.0. The minimum absolute atomic E-state index is 0.361. The van der Waals surface area contributed by atoms with Gasteiger partial charge in [-0.2, -0.15) is 0 Å². The number of primary amides is 1. The quantitative estimate of drug-likeness (QED) is 0.688. The molecule has 0 aromatic heterocycles. The molecule has 0 bridgehead atoms. The van der Waals surface area contributed by atoms with Crippen LogP contribution in [0.5, 0.6) is 0 Å². The Morgan fingerprint density at radius 1 is 1.44 bits per heavy atom. The highest BCUT2D eigenvalue weighted by atomic mass is 16.4. The number of carbonyl (C=O) groups is 2. The first-order valence-electron chi connectivity index (χ1n) is 5.93. The highest BCUT2D eigenvalue weighted by Gasteiger charge is 2.16. The van der Waals surface area contributed by atoms with Gasteiger partial charge >= 0.3 is 5.97 Å². The molecule has 0 saturated carbocycles. The Bertz CT molecular complexity index is 432. The number of carboxylic acids is 1. The molecule has 0 saturated heterocycles. The number of hydrogen-bond acceptors (Lipinski definition) is 3. The summed E-state index contributed by atoms with van der Waals surface area (Å²) in [5.74, 6) is -1.42. The summed E-state index contributed by atoms with van der Waals surface area (Å²) >= 11 is 0. The van der Waals surface area contributed by atoms with E-state index in [0.29, 0.717) is 17.7 Å². The summed E-state index contributed by atoms with van der Waals surface area (Å²) in [4.78, 5) is 22.1. The van der Waals surface area contributed by atoms with Crippen LogP contribution in [0.1, 0.15) is 36.5 Å². The number of carboxylic acid groups (broad SMARTS) is 1. The number of hydrogen-bond donors (Lipinski definition) is 3. The highest BCUT2D eigenvalue weighted by molar-refractivity contribution is 5.93. The third kappa shape index (κ3) is 4.08. The van der Waals surface area contributed by atoms with Crippen molar-refractivity contribution in [2.24, 2.45) is 5.73 Å². The molecule has 5 nitrogen and oxygen atoms in total. The molecule has 5 heteroatoms. The van der Waals surface area contributed by atoms with Gasteiger partial charge in [0.1, 0.15) is 6.04 Å². The van der Waals surface area contributed by atoms with Crippen LogP contribution in [-0.4, -0.2) is 23.0 Å². The van der Waals surface area contributed by atoms with Crippen molar-refractivity contribution in [2.75, 3.05) is 5.32 Å². The molecule has 0 aliphatic rings. The molecule has 1 aromatic carbocycles. The van der Waals surface area contributed by atoms with Crippen molar-refractivity contribution in [2.45, 2.75) is 32.2 Å². The van der Waals surface area contributed by atoms with Gasteiger partial charge in [0.15, 0.2) is 0 Å². The molecule has 0 radical (unpaired) electrons. The normalized spacial score (nSPS) is 11.8. The highest BCUT2D eigenvalue weighted by Crippen LogP contribution is 2.14. The molecule has 1 unspecified atom stereocenters. The molecule has 1 atom stereocenters. The molecule has 0 aliphatic heterocycles. The lowest BCUT2D eigenvalue weighted by Gasteiger charge is -2.15. The van der Waals surface area contributed by atoms with E-state index in [1.54, 1.807) is 24.3 Å². The summed E-state index contributed by atoms with van der Waals surface area (Å²) < 4.78 is 0. The van der Waals surface area contributed by atoms with Gasteiger partial charge in [-0.15, -0.1) is 0 Å². The number of benzene rings is 1. The Labute approximate surface area is 106 Å². The number of carbonyl (C=O) groups excluding carboxylic acids is 1. The second-order valence-electron chi connectivity index (χ2n) is 4.12. The Morgan fingerprint density at radius 2 is 2.17 bits per heavy atom. The largest absolute Gasteiger partial charge is 0.480 e. The van der Waals surface area contributed by atoms with Gasteiger partial charge < -0.3 is 16.2 Å². The molecular weight excluding hydrogens is 232 g/mol. The average Bonchev–Trinajstić information content (AvgIpc) is 2.34. The fourth-order valence-electron chi connectivity index (χ4n) is 1.63. The van der Waals surface area contributed by atoms with Crippen molar-refractivity contribution in [3.63, 3.8) is 0 Å². The van der Waals surface area contributed by atoms with Crippen LogP contribution in [0.15, 0.2) is 24.3 Å². The molecule has 1 amide bonds. The lowest BCUT2D eigenvalue weighted by molar-refractivity contribution is -0.138. The Kier molecular flexibility index (Phi) is 5.17. The predicted octanol–water partition coefficient (Wildman–Crippen LogP) is 1.84. The SMILES string of the molecule is CCCCC(Nc1cccc(C(N)=O)c1)C(=O)O. The van der Waals surface area contributed by atoms with Gasteiger partial charge in [0.25, 0.3) is 0 Å². The summed E-state index contributed by atoms with van der Waals surface area (Å²) in [6, 6.07) is 5.89. The monoisotopic (exact) mass is 250 g/mol. The van der Waals surface area contributed by atoms with Crippen LogP contribution in [0.2, 0.25) is 0 Å². The maximum absolute atomic E-state index is 11.1. The number of nitrogens with two attached hydrogens (primary N) is 1. The Balaban J connectivity index is 2.77. The number of aliphatic carboxylic acids is 1. The summed E-state index contributed by atoms with van der Waals surface area (Å²) in [6.45, 7) is 2.01. The third-order valence-corrected chi connectivity index (χ3v) is 2.63. The van der Waals surface area contributed by atoms with Crippen LogP contribution < -0.4 is 11.1 Å². The second-order valence-corrected chi connectivity index (χ2v) is 4.12. The van der Waals surface area contributed by atoms with Crippen LogP contribution in [0.4, 0.5) is 5.69 Å². The maximum Gasteiger partial charge on any atom is 0.326 e. The topological polar surface area (TPSA) is 92.4 Å². The third-order valence-electron chi connectivity index (χ3n) is 2.63. The van der Waals surface area contributed by atoms with E-state index in [1.807, 2.05) is 6.92 Å². The van der Waals surface area contributed by atoms with Crippen molar-refractivity contribution in [1.29, 1.82) is 0 Å². The molecule has 1 aromatic rings. The molecule has 18 heavy (non-hydrogen) atoms. The van der Waals surface area contributed by atoms with Crippen LogP contribution >= 0.6 is 0 Å². The smallest absolute Gasteiger partial charge is 0.326 e. The molecule has 0 aliphatic carbocycles. The minimum atomic E-state index is -0.895. The van der Waals surface area contributed by atoms with E-state index in [-0.39, 0.29) is 0 Å². The first-order valence-corrected chi connectivity index (χ1v) is 5.93. The van der Waals surface area contributed by atoms with Gasteiger partial charge in [0.05, 0.1) is 0 Å². The number of nitrogens with one attached hydrogen (secondary N) is 1. The van der Waals surface area contributed by atoms with E-state index in [0.717, 1.165) is 12.8 Å². The maximum atomic E-state index is 11.1. The zero-order valence-corrected chi connectivity index (χ0v) is 10.3. The van der Waals surface area contributed by atoms with E-state index < -0.39 is 17.9 Å². The van der Waals surface area contributed by atoms with Crippen molar-refractivity contribution in [3.05, 3.63) is 29.8 Å². The molecule has 1 rings (SSSR count). The number of amides is 1. The van der Waals surface area contributed by atoms with Crippen molar-refractivity contribution in [1.82, 2.24) is 0 Å². The fraction of sp³-hybridized carbons (Fsp3) is 0.385.